The zero-order chi connectivity index (χ0) is 7.33. The highest BCUT2D eigenvalue weighted by atomic mass is 35.5. The summed E-state index contributed by atoms with van der Waals surface area (Å²) in [6.45, 7) is 2.13. The van der Waals surface area contributed by atoms with E-state index in [1.54, 1.807) is 0 Å². The van der Waals surface area contributed by atoms with E-state index in [9.17, 15) is 0 Å². The summed E-state index contributed by atoms with van der Waals surface area (Å²) in [5, 5.41) is -0.977. The minimum atomic E-state index is -0.977. The molecule has 0 fully saturated rings. The summed E-state index contributed by atoms with van der Waals surface area (Å²) in [5.41, 5.74) is 10.6. The summed E-state index contributed by atoms with van der Waals surface area (Å²) in [5.74, 6) is 0. The van der Waals surface area contributed by atoms with Crippen LogP contribution in [-0.2, 0) is 0 Å². The summed E-state index contributed by atoms with van der Waals surface area (Å²) in [4.78, 5) is 0. The van der Waals surface area contributed by atoms with Crippen molar-refractivity contribution in [2.45, 2.75) is 37.7 Å². The number of unbranched alkanes of at least 4 members (excludes halogenated alkanes) is 2. The molecule has 0 aromatic heterocycles. The van der Waals surface area contributed by atoms with Crippen LogP contribution in [0.2, 0.25) is 0 Å². The van der Waals surface area contributed by atoms with Crippen LogP contribution in [0, 0.1) is 0 Å². The smallest absolute Gasteiger partial charge is 0.141 e. The molecule has 0 aliphatic rings. The highest BCUT2D eigenvalue weighted by molar-refractivity contribution is 6.22. The van der Waals surface area contributed by atoms with Crippen molar-refractivity contribution in [2.75, 3.05) is 0 Å². The van der Waals surface area contributed by atoms with Gasteiger partial charge in [-0.15, -0.1) is 0 Å². The molecule has 0 heterocycles. The SMILES string of the molecule is CCCCCC(N)(N)Cl. The Bertz CT molecular complexity index is 67.9. The van der Waals surface area contributed by atoms with E-state index in [2.05, 4.69) is 6.92 Å². The van der Waals surface area contributed by atoms with Crippen LogP contribution in [0.25, 0.3) is 0 Å². The monoisotopic (exact) mass is 150 g/mol. The summed E-state index contributed by atoms with van der Waals surface area (Å²) >= 11 is 5.52. The number of rotatable bonds is 4. The van der Waals surface area contributed by atoms with E-state index in [1.165, 1.54) is 6.42 Å². The number of hydrogen-bond donors (Lipinski definition) is 2. The van der Waals surface area contributed by atoms with Gasteiger partial charge in [0.05, 0.1) is 0 Å². The minimum absolute atomic E-state index is 0.697. The molecular weight excluding hydrogens is 136 g/mol. The lowest BCUT2D eigenvalue weighted by molar-refractivity contribution is 0.526. The molecule has 0 amide bonds. The Labute approximate surface area is 61.5 Å². The number of alkyl halides is 1. The third kappa shape index (κ3) is 8.21. The Morgan fingerprint density at radius 3 is 2.22 bits per heavy atom. The summed E-state index contributed by atoms with van der Waals surface area (Å²) in [6.07, 6.45) is 4.05. The fourth-order valence-corrected chi connectivity index (χ4v) is 0.780. The molecule has 0 unspecified atom stereocenters. The highest BCUT2D eigenvalue weighted by Gasteiger charge is 2.11. The molecule has 0 saturated carbocycles. The van der Waals surface area contributed by atoms with Gasteiger partial charge in [-0.25, -0.2) is 0 Å². The van der Waals surface area contributed by atoms with Gasteiger partial charge in [-0.3, -0.25) is 0 Å². The summed E-state index contributed by atoms with van der Waals surface area (Å²) in [6, 6.07) is 0. The van der Waals surface area contributed by atoms with Crippen LogP contribution in [0.4, 0.5) is 0 Å². The van der Waals surface area contributed by atoms with Crippen molar-refractivity contribution in [2.24, 2.45) is 11.5 Å². The lowest BCUT2D eigenvalue weighted by Gasteiger charge is -2.14. The quantitative estimate of drug-likeness (QED) is 0.275. The fourth-order valence-electron chi connectivity index (χ4n) is 0.646. The fraction of sp³-hybridized carbons (Fsp3) is 1.00. The van der Waals surface area contributed by atoms with E-state index < -0.39 is 5.12 Å². The second kappa shape index (κ2) is 4.09. The Morgan fingerprint density at radius 2 is 1.89 bits per heavy atom. The molecular formula is C6H15ClN2. The first-order valence-electron chi connectivity index (χ1n) is 3.33. The van der Waals surface area contributed by atoms with Crippen LogP contribution in [0.3, 0.4) is 0 Å². The molecule has 0 saturated heterocycles. The average Bonchev–Trinajstić information content (AvgIpc) is 1.63. The van der Waals surface area contributed by atoms with Crippen molar-refractivity contribution in [3.8, 4) is 0 Å². The second-order valence-electron chi connectivity index (χ2n) is 2.38. The highest BCUT2D eigenvalue weighted by Crippen LogP contribution is 2.09. The van der Waals surface area contributed by atoms with Gasteiger partial charge in [0.15, 0.2) is 0 Å². The Morgan fingerprint density at radius 1 is 1.33 bits per heavy atom. The molecule has 0 aromatic rings. The maximum absolute atomic E-state index is 5.52. The molecule has 0 rings (SSSR count). The lowest BCUT2D eigenvalue weighted by Crippen LogP contribution is -2.42. The minimum Gasteiger partial charge on any atom is -0.301 e. The molecule has 3 heteroatoms. The van der Waals surface area contributed by atoms with Crippen molar-refractivity contribution in [1.29, 1.82) is 0 Å². The predicted octanol–water partition coefficient (Wildman–Crippen LogP) is 1.38. The zero-order valence-corrected chi connectivity index (χ0v) is 6.62. The van der Waals surface area contributed by atoms with E-state index >= 15 is 0 Å². The third-order valence-electron chi connectivity index (χ3n) is 1.16. The van der Waals surface area contributed by atoms with Crippen LogP contribution in [0.5, 0.6) is 0 Å². The van der Waals surface area contributed by atoms with Gasteiger partial charge in [0.25, 0.3) is 0 Å². The molecule has 0 bridgehead atoms. The van der Waals surface area contributed by atoms with E-state index in [1.807, 2.05) is 0 Å². The Kier molecular flexibility index (Phi) is 4.19. The summed E-state index contributed by atoms with van der Waals surface area (Å²) < 4.78 is 0. The van der Waals surface area contributed by atoms with Gasteiger partial charge in [-0.1, -0.05) is 31.4 Å². The second-order valence-corrected chi connectivity index (χ2v) is 3.09. The molecule has 4 N–H and O–H groups in total. The van der Waals surface area contributed by atoms with Crippen LogP contribution in [0.15, 0.2) is 0 Å². The van der Waals surface area contributed by atoms with Crippen molar-refractivity contribution >= 4 is 11.6 Å². The third-order valence-corrected chi connectivity index (χ3v) is 1.35. The summed E-state index contributed by atoms with van der Waals surface area (Å²) in [7, 11) is 0. The van der Waals surface area contributed by atoms with Crippen LogP contribution in [0.1, 0.15) is 32.6 Å². The van der Waals surface area contributed by atoms with Gasteiger partial charge in [-0.05, 0) is 12.8 Å². The molecule has 2 nitrogen and oxygen atoms in total. The molecule has 0 spiro atoms. The van der Waals surface area contributed by atoms with Gasteiger partial charge in [0, 0.05) is 0 Å². The Balaban J connectivity index is 3.07. The van der Waals surface area contributed by atoms with Crippen LogP contribution < -0.4 is 11.5 Å². The van der Waals surface area contributed by atoms with Gasteiger partial charge in [-0.2, -0.15) is 0 Å². The lowest BCUT2D eigenvalue weighted by atomic mass is 10.2. The molecule has 0 radical (unpaired) electrons. The van der Waals surface area contributed by atoms with Crippen molar-refractivity contribution in [1.82, 2.24) is 0 Å². The van der Waals surface area contributed by atoms with E-state index in [0.717, 1.165) is 12.8 Å². The first-order valence-corrected chi connectivity index (χ1v) is 3.70. The number of halogens is 1. The largest absolute Gasteiger partial charge is 0.301 e. The maximum Gasteiger partial charge on any atom is 0.141 e. The molecule has 0 aliphatic heterocycles. The molecule has 0 aliphatic carbocycles. The standard InChI is InChI=1S/C6H15ClN2/c1-2-3-4-5-6(7,8)9/h2-5,8-9H2,1H3. The van der Waals surface area contributed by atoms with Crippen LogP contribution >= 0.6 is 11.6 Å². The van der Waals surface area contributed by atoms with E-state index in [4.69, 9.17) is 23.1 Å². The zero-order valence-electron chi connectivity index (χ0n) is 5.86. The van der Waals surface area contributed by atoms with Gasteiger partial charge in [0.2, 0.25) is 0 Å². The Hall–Kier alpha value is 0.210. The average molecular weight is 151 g/mol. The maximum atomic E-state index is 5.52. The van der Waals surface area contributed by atoms with Crippen molar-refractivity contribution in [3.05, 3.63) is 0 Å². The predicted molar refractivity (Wildman–Crippen MR) is 41.1 cm³/mol. The number of nitrogens with two attached hydrogens (primary N) is 2. The van der Waals surface area contributed by atoms with Gasteiger partial charge >= 0.3 is 0 Å². The molecule has 0 atom stereocenters. The first-order chi connectivity index (χ1) is 4.06. The van der Waals surface area contributed by atoms with Crippen LogP contribution in [-0.4, -0.2) is 5.12 Å². The molecule has 56 valence electrons. The van der Waals surface area contributed by atoms with Crippen molar-refractivity contribution < 1.29 is 0 Å². The van der Waals surface area contributed by atoms with E-state index in [0.29, 0.717) is 6.42 Å². The molecule has 9 heavy (non-hydrogen) atoms. The first kappa shape index (κ1) is 9.21. The molecule has 0 aromatic carbocycles. The normalized spacial score (nSPS) is 12.0. The van der Waals surface area contributed by atoms with Crippen molar-refractivity contribution in [3.63, 3.8) is 0 Å². The van der Waals surface area contributed by atoms with Gasteiger partial charge < -0.3 is 11.5 Å². The van der Waals surface area contributed by atoms with Gasteiger partial charge in [0.1, 0.15) is 5.12 Å². The van der Waals surface area contributed by atoms with E-state index in [-0.39, 0.29) is 0 Å². The topological polar surface area (TPSA) is 52.0 Å². The number of hydrogen-bond acceptors (Lipinski definition) is 2.